The average Bonchev–Trinajstić information content (AvgIpc) is 2.73. The first-order valence-electron chi connectivity index (χ1n) is 7.48. The maximum Gasteiger partial charge on any atom is 0.349 e. The van der Waals surface area contributed by atoms with E-state index < -0.39 is 5.60 Å². The SMILES string of the molecule is CCOC(=O)C(C)(C)Oc1nsnc1N1CCCCCC1. The van der Waals surface area contributed by atoms with Crippen LogP contribution in [0, 0.1) is 0 Å². The molecule has 1 fully saturated rings. The Morgan fingerprint density at radius 2 is 1.90 bits per heavy atom. The molecule has 1 saturated heterocycles. The topological polar surface area (TPSA) is 64.5 Å². The van der Waals surface area contributed by atoms with E-state index >= 15 is 0 Å². The van der Waals surface area contributed by atoms with Gasteiger partial charge >= 0.3 is 5.97 Å². The molecule has 118 valence electrons. The summed E-state index contributed by atoms with van der Waals surface area (Å²) in [6, 6.07) is 0. The van der Waals surface area contributed by atoms with Crippen LogP contribution in [0.2, 0.25) is 0 Å². The molecule has 0 N–H and O–H groups in total. The van der Waals surface area contributed by atoms with Gasteiger partial charge in [0, 0.05) is 13.1 Å². The lowest BCUT2D eigenvalue weighted by Gasteiger charge is -2.25. The van der Waals surface area contributed by atoms with E-state index in [4.69, 9.17) is 9.47 Å². The van der Waals surface area contributed by atoms with Crippen molar-refractivity contribution < 1.29 is 14.3 Å². The first-order valence-corrected chi connectivity index (χ1v) is 8.21. The number of ether oxygens (including phenoxy) is 2. The lowest BCUT2D eigenvalue weighted by atomic mass is 10.1. The highest BCUT2D eigenvalue weighted by Crippen LogP contribution is 2.30. The molecule has 2 heterocycles. The fourth-order valence-corrected chi connectivity index (χ4v) is 2.81. The van der Waals surface area contributed by atoms with Gasteiger partial charge in [-0.15, -0.1) is 4.37 Å². The maximum absolute atomic E-state index is 11.9. The van der Waals surface area contributed by atoms with Gasteiger partial charge in [-0.1, -0.05) is 12.8 Å². The van der Waals surface area contributed by atoms with Gasteiger partial charge in [0.25, 0.3) is 5.88 Å². The third kappa shape index (κ3) is 4.06. The van der Waals surface area contributed by atoms with Crippen molar-refractivity contribution in [1.29, 1.82) is 0 Å². The number of hydrogen-bond acceptors (Lipinski definition) is 7. The number of anilines is 1. The van der Waals surface area contributed by atoms with E-state index in [0.29, 0.717) is 12.5 Å². The molecule has 0 spiro atoms. The van der Waals surface area contributed by atoms with E-state index in [1.165, 1.54) is 12.8 Å². The molecule has 0 radical (unpaired) electrons. The van der Waals surface area contributed by atoms with Gasteiger partial charge < -0.3 is 14.4 Å². The Bertz CT molecular complexity index is 468. The van der Waals surface area contributed by atoms with E-state index in [2.05, 4.69) is 13.6 Å². The normalized spacial score (nSPS) is 16.4. The molecule has 0 atom stereocenters. The number of carbonyl (C=O) groups is 1. The van der Waals surface area contributed by atoms with Crippen molar-refractivity contribution in [3.05, 3.63) is 0 Å². The second kappa shape index (κ2) is 7.06. The van der Waals surface area contributed by atoms with Crippen molar-refractivity contribution in [2.45, 2.75) is 52.1 Å². The van der Waals surface area contributed by atoms with Gasteiger partial charge in [-0.25, -0.2) is 4.79 Å². The van der Waals surface area contributed by atoms with Crippen LogP contribution in [0.3, 0.4) is 0 Å². The Labute approximate surface area is 129 Å². The molecule has 1 aliphatic rings. The molecule has 7 heteroatoms. The van der Waals surface area contributed by atoms with Crippen molar-refractivity contribution in [3.8, 4) is 5.88 Å². The molecule has 0 bridgehead atoms. The first kappa shape index (κ1) is 16.0. The fourth-order valence-electron chi connectivity index (χ4n) is 2.30. The Kier molecular flexibility index (Phi) is 5.39. The van der Waals surface area contributed by atoms with Crippen LogP contribution in [0.4, 0.5) is 5.82 Å². The fraction of sp³-hybridized carbons (Fsp3) is 0.786. The van der Waals surface area contributed by atoms with Gasteiger partial charge in [-0.05, 0) is 33.6 Å². The number of esters is 1. The van der Waals surface area contributed by atoms with Crippen LogP contribution in [-0.4, -0.2) is 40.0 Å². The van der Waals surface area contributed by atoms with Gasteiger partial charge in [0.15, 0.2) is 0 Å². The lowest BCUT2D eigenvalue weighted by molar-refractivity contribution is -0.158. The van der Waals surface area contributed by atoms with Crippen LogP contribution in [0.25, 0.3) is 0 Å². The Morgan fingerprint density at radius 3 is 2.52 bits per heavy atom. The standard InChI is InChI=1S/C14H23N3O3S/c1-4-19-13(18)14(2,3)20-12-11(15-21-16-12)17-9-7-5-6-8-10-17/h4-10H2,1-3H3. The summed E-state index contributed by atoms with van der Waals surface area (Å²) in [5, 5.41) is 0. The minimum atomic E-state index is -1.06. The van der Waals surface area contributed by atoms with E-state index in [1.54, 1.807) is 20.8 Å². The highest BCUT2D eigenvalue weighted by atomic mass is 32.1. The number of aromatic nitrogens is 2. The van der Waals surface area contributed by atoms with E-state index in [-0.39, 0.29) is 5.97 Å². The molecule has 1 aromatic heterocycles. The van der Waals surface area contributed by atoms with Crippen LogP contribution in [0.1, 0.15) is 46.5 Å². The zero-order valence-corrected chi connectivity index (χ0v) is 13.7. The smallest absolute Gasteiger partial charge is 0.349 e. The van der Waals surface area contributed by atoms with Crippen LogP contribution >= 0.6 is 11.7 Å². The zero-order valence-electron chi connectivity index (χ0n) is 12.9. The van der Waals surface area contributed by atoms with Gasteiger partial charge in [-0.2, -0.15) is 4.37 Å². The summed E-state index contributed by atoms with van der Waals surface area (Å²) in [6.07, 6.45) is 4.80. The molecule has 1 aliphatic heterocycles. The molecule has 2 rings (SSSR count). The van der Waals surface area contributed by atoms with Crippen LogP contribution in [0.5, 0.6) is 5.88 Å². The van der Waals surface area contributed by atoms with Gasteiger partial charge in [0.1, 0.15) is 0 Å². The minimum Gasteiger partial charge on any atom is -0.463 e. The summed E-state index contributed by atoms with van der Waals surface area (Å²) >= 11 is 1.11. The van der Waals surface area contributed by atoms with E-state index in [0.717, 1.165) is 43.5 Å². The molecule has 0 saturated carbocycles. The summed E-state index contributed by atoms with van der Waals surface area (Å²) in [5.41, 5.74) is -1.06. The van der Waals surface area contributed by atoms with Gasteiger partial charge in [0.05, 0.1) is 18.3 Å². The van der Waals surface area contributed by atoms with Crippen LogP contribution < -0.4 is 9.64 Å². The molecule has 21 heavy (non-hydrogen) atoms. The molecular weight excluding hydrogens is 290 g/mol. The minimum absolute atomic E-state index is 0.333. The molecule has 1 aromatic rings. The van der Waals surface area contributed by atoms with E-state index in [9.17, 15) is 4.79 Å². The van der Waals surface area contributed by atoms with Crippen LogP contribution in [-0.2, 0) is 9.53 Å². The van der Waals surface area contributed by atoms with Crippen molar-refractivity contribution in [3.63, 3.8) is 0 Å². The van der Waals surface area contributed by atoms with Gasteiger partial charge in [0.2, 0.25) is 11.4 Å². The Morgan fingerprint density at radius 1 is 1.24 bits per heavy atom. The number of carbonyl (C=O) groups excluding carboxylic acids is 1. The quantitative estimate of drug-likeness (QED) is 0.779. The predicted octanol–water partition coefficient (Wildman–Crippen LogP) is 2.64. The second-order valence-corrected chi connectivity index (χ2v) is 6.16. The largest absolute Gasteiger partial charge is 0.463 e. The summed E-state index contributed by atoms with van der Waals surface area (Å²) in [6.45, 7) is 7.41. The predicted molar refractivity (Wildman–Crippen MR) is 81.9 cm³/mol. The van der Waals surface area contributed by atoms with Crippen molar-refractivity contribution in [2.24, 2.45) is 0 Å². The monoisotopic (exact) mass is 313 g/mol. The molecule has 0 amide bonds. The van der Waals surface area contributed by atoms with Crippen molar-refractivity contribution >= 4 is 23.5 Å². The van der Waals surface area contributed by atoms with E-state index in [1.807, 2.05) is 0 Å². The van der Waals surface area contributed by atoms with Crippen LogP contribution in [0.15, 0.2) is 0 Å². The molecule has 6 nitrogen and oxygen atoms in total. The number of rotatable bonds is 5. The van der Waals surface area contributed by atoms with Gasteiger partial charge in [-0.3, -0.25) is 0 Å². The summed E-state index contributed by atoms with van der Waals surface area (Å²) in [5.74, 6) is 0.791. The molecule has 0 aliphatic carbocycles. The van der Waals surface area contributed by atoms with Crippen molar-refractivity contribution in [1.82, 2.24) is 8.75 Å². The highest BCUT2D eigenvalue weighted by Gasteiger charge is 2.34. The summed E-state index contributed by atoms with van der Waals surface area (Å²) in [4.78, 5) is 14.1. The molecule has 0 unspecified atom stereocenters. The molecule has 0 aromatic carbocycles. The Hall–Kier alpha value is -1.37. The average molecular weight is 313 g/mol. The maximum atomic E-state index is 11.9. The lowest BCUT2D eigenvalue weighted by Crippen LogP contribution is -2.40. The summed E-state index contributed by atoms with van der Waals surface area (Å²) < 4.78 is 19.4. The molecular formula is C14H23N3O3S. The highest BCUT2D eigenvalue weighted by molar-refractivity contribution is 6.99. The van der Waals surface area contributed by atoms with Crippen molar-refractivity contribution in [2.75, 3.05) is 24.6 Å². The summed E-state index contributed by atoms with van der Waals surface area (Å²) in [7, 11) is 0. The number of nitrogens with zero attached hydrogens (tertiary/aromatic N) is 3. The Balaban J connectivity index is 2.10. The third-order valence-electron chi connectivity index (χ3n) is 3.47. The second-order valence-electron chi connectivity index (χ2n) is 5.63. The first-order chi connectivity index (χ1) is 10.0. The zero-order chi connectivity index (χ0) is 15.3. The number of hydrogen-bond donors (Lipinski definition) is 0. The third-order valence-corrected chi connectivity index (χ3v) is 3.97.